The van der Waals surface area contributed by atoms with Gasteiger partial charge < -0.3 is 5.32 Å². The highest BCUT2D eigenvalue weighted by molar-refractivity contribution is 7.90. The fourth-order valence-electron chi connectivity index (χ4n) is 2.19. The zero-order valence-corrected chi connectivity index (χ0v) is 12.4. The number of nitrogens with one attached hydrogen (secondary N) is 1. The topological polar surface area (TPSA) is 102 Å². The van der Waals surface area contributed by atoms with Crippen molar-refractivity contribution < 1.29 is 13.3 Å². The number of aromatic nitrogens is 1. The van der Waals surface area contributed by atoms with E-state index in [1.54, 1.807) is 25.1 Å². The zero-order chi connectivity index (χ0) is 15.6. The minimum atomic E-state index is -3.10. The molecular weight excluding hydrogens is 294 g/mol. The number of non-ortho nitro benzene ring substituents is 1. The third kappa shape index (κ3) is 3.66. The Labute approximate surface area is 122 Å². The zero-order valence-electron chi connectivity index (χ0n) is 11.6. The summed E-state index contributed by atoms with van der Waals surface area (Å²) in [6.45, 7) is 1.74. The van der Waals surface area contributed by atoms with E-state index in [9.17, 15) is 18.5 Å². The van der Waals surface area contributed by atoms with E-state index in [0.29, 0.717) is 11.1 Å². The molecule has 1 heterocycles. The van der Waals surface area contributed by atoms with Crippen LogP contribution in [0, 0.1) is 10.1 Å². The summed E-state index contributed by atoms with van der Waals surface area (Å²) >= 11 is 0. The highest BCUT2D eigenvalue weighted by atomic mass is 32.2. The largest absolute Gasteiger partial charge is 0.381 e. The highest BCUT2D eigenvalue weighted by Gasteiger charge is 2.16. The molecular formula is C13H15N3O4S. The van der Waals surface area contributed by atoms with Crippen LogP contribution < -0.4 is 5.32 Å². The Bertz CT molecular complexity index is 789. The summed E-state index contributed by atoms with van der Waals surface area (Å²) in [4.78, 5) is 14.6. The van der Waals surface area contributed by atoms with Gasteiger partial charge in [-0.25, -0.2) is 13.4 Å². The molecule has 0 amide bonds. The Kier molecular flexibility index (Phi) is 4.08. The number of anilines is 1. The molecule has 112 valence electrons. The predicted octanol–water partition coefficient (Wildman–Crippen LogP) is 1.99. The lowest BCUT2D eigenvalue weighted by molar-refractivity contribution is -0.383. The van der Waals surface area contributed by atoms with Gasteiger partial charge in [0, 0.05) is 35.6 Å². The molecule has 21 heavy (non-hydrogen) atoms. The Balaban J connectivity index is 2.42. The van der Waals surface area contributed by atoms with E-state index in [-0.39, 0.29) is 23.0 Å². The SMILES string of the molecule is CC(CS(C)(=O)=O)Nc1ccnc2c([N+](=O)[O-])cccc12. The number of rotatable bonds is 5. The van der Waals surface area contributed by atoms with Crippen LogP contribution in [-0.4, -0.2) is 36.4 Å². The number of fused-ring (bicyclic) bond motifs is 1. The first kappa shape index (κ1) is 15.2. The van der Waals surface area contributed by atoms with Gasteiger partial charge in [-0.15, -0.1) is 0 Å². The predicted molar refractivity (Wildman–Crippen MR) is 81.2 cm³/mol. The summed E-state index contributed by atoms with van der Waals surface area (Å²) in [5.41, 5.74) is 0.825. The van der Waals surface area contributed by atoms with Crippen LogP contribution in [0.2, 0.25) is 0 Å². The molecule has 0 fully saturated rings. The monoisotopic (exact) mass is 309 g/mol. The Morgan fingerprint density at radius 1 is 1.38 bits per heavy atom. The second-order valence-corrected chi connectivity index (χ2v) is 7.11. The number of hydrogen-bond donors (Lipinski definition) is 1. The number of para-hydroxylation sites is 1. The van der Waals surface area contributed by atoms with Gasteiger partial charge in [0.1, 0.15) is 15.4 Å². The molecule has 0 aliphatic carbocycles. The van der Waals surface area contributed by atoms with Gasteiger partial charge in [-0.3, -0.25) is 10.1 Å². The van der Waals surface area contributed by atoms with Crippen molar-refractivity contribution in [3.05, 3.63) is 40.6 Å². The van der Waals surface area contributed by atoms with Crippen LogP contribution >= 0.6 is 0 Å². The summed E-state index contributed by atoms with van der Waals surface area (Å²) in [7, 11) is -3.10. The Hall–Kier alpha value is -2.22. The molecule has 0 saturated carbocycles. The number of sulfone groups is 1. The van der Waals surface area contributed by atoms with Gasteiger partial charge in [-0.2, -0.15) is 0 Å². The van der Waals surface area contributed by atoms with Crippen molar-refractivity contribution in [2.24, 2.45) is 0 Å². The molecule has 0 bridgehead atoms. The molecule has 0 spiro atoms. The van der Waals surface area contributed by atoms with E-state index < -0.39 is 14.8 Å². The summed E-state index contributed by atoms with van der Waals surface area (Å²) < 4.78 is 22.6. The molecule has 2 aromatic rings. The van der Waals surface area contributed by atoms with Gasteiger partial charge in [-0.1, -0.05) is 12.1 Å². The number of nitro groups is 1. The molecule has 1 atom stereocenters. The van der Waals surface area contributed by atoms with Crippen molar-refractivity contribution in [1.29, 1.82) is 0 Å². The lowest BCUT2D eigenvalue weighted by Gasteiger charge is -2.15. The van der Waals surface area contributed by atoms with Crippen LogP contribution in [0.25, 0.3) is 10.9 Å². The normalized spacial score (nSPS) is 13.0. The van der Waals surface area contributed by atoms with Crippen molar-refractivity contribution in [2.45, 2.75) is 13.0 Å². The van der Waals surface area contributed by atoms with Crippen molar-refractivity contribution in [3.8, 4) is 0 Å². The molecule has 1 N–H and O–H groups in total. The third-order valence-electron chi connectivity index (χ3n) is 2.90. The summed E-state index contributed by atoms with van der Waals surface area (Å²) in [6, 6.07) is 6.04. The molecule has 2 rings (SSSR count). The molecule has 1 aromatic carbocycles. The van der Waals surface area contributed by atoms with E-state index >= 15 is 0 Å². The first-order valence-corrected chi connectivity index (χ1v) is 8.30. The number of hydrogen-bond acceptors (Lipinski definition) is 6. The summed E-state index contributed by atoms with van der Waals surface area (Å²) in [5.74, 6) is -0.0221. The van der Waals surface area contributed by atoms with Gasteiger partial charge in [0.05, 0.1) is 10.7 Å². The maximum Gasteiger partial charge on any atom is 0.295 e. The Morgan fingerprint density at radius 2 is 2.10 bits per heavy atom. The molecule has 8 heteroatoms. The summed E-state index contributed by atoms with van der Waals surface area (Å²) in [6.07, 6.45) is 2.63. The van der Waals surface area contributed by atoms with Gasteiger partial charge >= 0.3 is 0 Å². The lowest BCUT2D eigenvalue weighted by Crippen LogP contribution is -2.25. The van der Waals surface area contributed by atoms with E-state index in [4.69, 9.17) is 0 Å². The van der Waals surface area contributed by atoms with Crippen LogP contribution in [0.15, 0.2) is 30.5 Å². The molecule has 0 radical (unpaired) electrons. The standard InChI is InChI=1S/C13H15N3O4S/c1-9(8-21(2,19)20)15-11-6-7-14-13-10(11)4-3-5-12(13)16(17)18/h3-7,9H,8H2,1-2H3,(H,14,15). The average Bonchev–Trinajstić information content (AvgIpc) is 2.36. The van der Waals surface area contributed by atoms with Gasteiger partial charge in [-0.05, 0) is 13.0 Å². The fourth-order valence-corrected chi connectivity index (χ4v) is 3.19. The smallest absolute Gasteiger partial charge is 0.295 e. The quantitative estimate of drug-likeness (QED) is 0.669. The van der Waals surface area contributed by atoms with Crippen molar-refractivity contribution in [2.75, 3.05) is 17.3 Å². The van der Waals surface area contributed by atoms with Crippen LogP contribution in [0.4, 0.5) is 11.4 Å². The number of pyridine rings is 1. The van der Waals surface area contributed by atoms with Crippen LogP contribution in [-0.2, 0) is 9.84 Å². The second-order valence-electron chi connectivity index (χ2n) is 4.93. The van der Waals surface area contributed by atoms with Crippen molar-refractivity contribution in [1.82, 2.24) is 4.98 Å². The fraction of sp³-hybridized carbons (Fsp3) is 0.308. The van der Waals surface area contributed by atoms with E-state index in [0.717, 1.165) is 0 Å². The van der Waals surface area contributed by atoms with Crippen LogP contribution in [0.3, 0.4) is 0 Å². The minimum absolute atomic E-state index is 0.0221. The molecule has 1 unspecified atom stereocenters. The maximum absolute atomic E-state index is 11.3. The minimum Gasteiger partial charge on any atom is -0.381 e. The van der Waals surface area contributed by atoms with Gasteiger partial charge in [0.25, 0.3) is 5.69 Å². The molecule has 1 aromatic heterocycles. The van der Waals surface area contributed by atoms with Crippen LogP contribution in [0.1, 0.15) is 6.92 Å². The number of benzene rings is 1. The molecule has 0 aliphatic heterocycles. The second kappa shape index (κ2) is 5.65. The Morgan fingerprint density at radius 3 is 2.71 bits per heavy atom. The third-order valence-corrected chi connectivity index (χ3v) is 4.01. The number of nitro benzene ring substituents is 1. The van der Waals surface area contributed by atoms with E-state index in [1.807, 2.05) is 0 Å². The highest BCUT2D eigenvalue weighted by Crippen LogP contribution is 2.28. The first-order chi connectivity index (χ1) is 9.78. The van der Waals surface area contributed by atoms with Crippen LogP contribution in [0.5, 0.6) is 0 Å². The van der Waals surface area contributed by atoms with Gasteiger partial charge in [0.15, 0.2) is 0 Å². The maximum atomic E-state index is 11.3. The average molecular weight is 309 g/mol. The number of nitrogens with zero attached hydrogens (tertiary/aromatic N) is 2. The summed E-state index contributed by atoms with van der Waals surface area (Å²) in [5, 5.41) is 14.7. The van der Waals surface area contributed by atoms with Crippen molar-refractivity contribution >= 4 is 32.1 Å². The molecule has 7 nitrogen and oxygen atoms in total. The lowest BCUT2D eigenvalue weighted by atomic mass is 10.1. The molecule has 0 saturated heterocycles. The van der Waals surface area contributed by atoms with E-state index in [2.05, 4.69) is 10.3 Å². The first-order valence-electron chi connectivity index (χ1n) is 6.24. The molecule has 0 aliphatic rings. The van der Waals surface area contributed by atoms with Crippen molar-refractivity contribution in [3.63, 3.8) is 0 Å². The van der Waals surface area contributed by atoms with Gasteiger partial charge in [0.2, 0.25) is 0 Å². The van der Waals surface area contributed by atoms with E-state index in [1.165, 1.54) is 18.5 Å².